The van der Waals surface area contributed by atoms with Crippen LogP contribution in [-0.2, 0) is 5.41 Å². The van der Waals surface area contributed by atoms with Gasteiger partial charge in [-0.15, -0.1) is 11.3 Å². The van der Waals surface area contributed by atoms with Crippen LogP contribution in [0.1, 0.15) is 77.0 Å². The quantitative estimate of drug-likeness (QED) is 0.206. The molecule has 3 heterocycles. The Morgan fingerprint density at radius 1 is 0.744 bits per heavy atom. The predicted octanol–water partition coefficient (Wildman–Crippen LogP) is 11.3. The van der Waals surface area contributed by atoms with Gasteiger partial charge in [-0.2, -0.15) is 0 Å². The normalized spacial score (nSPS) is 12.6. The fraction of sp³-hybridized carbons (Fsp3) is 0.263. The minimum Gasteiger partial charge on any atom is -0.292 e. The van der Waals surface area contributed by atoms with E-state index in [0.717, 1.165) is 53.6 Å². The molecule has 0 aliphatic carbocycles. The van der Waals surface area contributed by atoms with E-state index in [1.807, 2.05) is 0 Å². The van der Waals surface area contributed by atoms with Gasteiger partial charge in [-0.3, -0.25) is 4.57 Å². The van der Waals surface area contributed by atoms with Crippen molar-refractivity contribution < 1.29 is 4.39 Å². The summed E-state index contributed by atoms with van der Waals surface area (Å²) >= 11 is 1.68. The van der Waals surface area contributed by atoms with Gasteiger partial charge < -0.3 is 0 Å². The maximum absolute atomic E-state index is 14.1. The highest BCUT2D eigenvalue weighted by Gasteiger charge is 2.26. The fourth-order valence-electron chi connectivity index (χ4n) is 6.22. The van der Waals surface area contributed by atoms with Crippen molar-refractivity contribution in [2.75, 3.05) is 0 Å². The first-order valence-electron chi connectivity index (χ1n) is 15.1. The van der Waals surface area contributed by atoms with Crippen LogP contribution in [0.4, 0.5) is 4.39 Å². The molecule has 7 rings (SSSR count). The third-order valence-corrected chi connectivity index (χ3v) is 9.70. The van der Waals surface area contributed by atoms with Crippen molar-refractivity contribution >= 4 is 53.6 Å². The van der Waals surface area contributed by atoms with Crippen LogP contribution >= 0.6 is 11.3 Å². The van der Waals surface area contributed by atoms with Crippen LogP contribution in [0.15, 0.2) is 78.9 Å². The van der Waals surface area contributed by atoms with Gasteiger partial charge in [0, 0.05) is 26.4 Å². The van der Waals surface area contributed by atoms with E-state index in [1.54, 1.807) is 23.5 Å². The van der Waals surface area contributed by atoms with Crippen LogP contribution in [0.25, 0.3) is 59.3 Å². The first-order valence-corrected chi connectivity index (χ1v) is 15.9. The minimum atomic E-state index is -0.248. The average molecular weight is 586 g/mol. The molecule has 43 heavy (non-hydrogen) atoms. The molecule has 216 valence electrons. The highest BCUT2D eigenvalue weighted by molar-refractivity contribution is 7.26. The molecular formula is C38H36FN3S. The number of nitrogens with zero attached hydrogens (tertiary/aromatic N) is 3. The van der Waals surface area contributed by atoms with E-state index in [9.17, 15) is 4.39 Å². The first kappa shape index (κ1) is 27.7. The number of para-hydroxylation sites is 2. The van der Waals surface area contributed by atoms with E-state index >= 15 is 0 Å². The van der Waals surface area contributed by atoms with Crippen LogP contribution in [0.3, 0.4) is 0 Å². The van der Waals surface area contributed by atoms with E-state index in [-0.39, 0.29) is 11.2 Å². The molecule has 0 N–H and O–H groups in total. The molecule has 5 heteroatoms. The number of fused-ring (bicyclic) bond motifs is 5. The molecule has 0 aliphatic rings. The van der Waals surface area contributed by atoms with Gasteiger partial charge in [0.25, 0.3) is 0 Å². The van der Waals surface area contributed by atoms with E-state index in [1.165, 1.54) is 28.4 Å². The lowest BCUT2D eigenvalue weighted by Crippen LogP contribution is -2.16. The number of pyridine rings is 1. The van der Waals surface area contributed by atoms with Gasteiger partial charge in [-0.1, -0.05) is 84.9 Å². The number of hydrogen-bond acceptors (Lipinski definition) is 3. The number of hydrogen-bond donors (Lipinski definition) is 0. The molecule has 3 aromatic heterocycles. The van der Waals surface area contributed by atoms with Gasteiger partial charge in [0.2, 0.25) is 0 Å². The lowest BCUT2D eigenvalue weighted by Gasteiger charge is -2.28. The van der Waals surface area contributed by atoms with Crippen LogP contribution in [0.2, 0.25) is 0 Å². The van der Waals surface area contributed by atoms with Crippen molar-refractivity contribution in [3.05, 3.63) is 101 Å². The number of rotatable bonds is 4. The molecule has 0 aliphatic heterocycles. The summed E-state index contributed by atoms with van der Waals surface area (Å²) in [6.07, 6.45) is 0. The molecule has 0 unspecified atom stereocenters. The van der Waals surface area contributed by atoms with Crippen molar-refractivity contribution in [2.24, 2.45) is 0 Å². The lowest BCUT2D eigenvalue weighted by atomic mass is 9.81. The number of imidazole rings is 1. The molecule has 0 bridgehead atoms. The van der Waals surface area contributed by atoms with Gasteiger partial charge in [-0.05, 0) is 76.4 Å². The van der Waals surface area contributed by atoms with Gasteiger partial charge in [0.05, 0.1) is 22.2 Å². The van der Waals surface area contributed by atoms with Gasteiger partial charge in [-0.25, -0.2) is 14.4 Å². The zero-order valence-corrected chi connectivity index (χ0v) is 26.6. The summed E-state index contributed by atoms with van der Waals surface area (Å²) in [7, 11) is 0. The highest BCUT2D eigenvalue weighted by Crippen LogP contribution is 2.44. The molecule has 0 radical (unpaired) electrons. The SMILES string of the molecule is CC(C)c1cc(C(C)(C)C)cc(C(C)C)c1-n1c(-c2cccc3c2sc2nc4ccc(F)cc4cc23)nc2ccccc21. The second-order valence-electron chi connectivity index (χ2n) is 13.3. The van der Waals surface area contributed by atoms with Gasteiger partial charge in [0.15, 0.2) is 0 Å². The maximum Gasteiger partial charge on any atom is 0.147 e. The Morgan fingerprint density at radius 3 is 2.16 bits per heavy atom. The Bertz CT molecular complexity index is 2160. The minimum absolute atomic E-state index is 0.0355. The van der Waals surface area contributed by atoms with Crippen molar-refractivity contribution in [3.63, 3.8) is 0 Å². The molecule has 7 aromatic rings. The average Bonchev–Trinajstić information content (AvgIpc) is 3.52. The Balaban J connectivity index is 1.59. The lowest BCUT2D eigenvalue weighted by molar-refractivity contribution is 0.586. The monoisotopic (exact) mass is 585 g/mol. The van der Waals surface area contributed by atoms with Crippen LogP contribution in [0, 0.1) is 5.82 Å². The Hall–Kier alpha value is -4.09. The van der Waals surface area contributed by atoms with Crippen molar-refractivity contribution in [3.8, 4) is 17.1 Å². The molecule has 0 saturated heterocycles. The first-order chi connectivity index (χ1) is 20.5. The molecule has 0 spiro atoms. The molecule has 0 saturated carbocycles. The molecule has 0 amide bonds. The number of halogens is 1. The highest BCUT2D eigenvalue weighted by atomic mass is 32.1. The standard InChI is InChI=1S/C38H36FN3S/c1-21(2)28-19-24(38(5,6)7)20-29(22(3)4)34(28)42-33-14-9-8-13-32(33)40-36(42)27-12-10-11-26-30-18-23-17-25(39)15-16-31(23)41-37(30)43-35(26)27/h8-22H,1-7H3. The molecular weight excluding hydrogens is 550 g/mol. The maximum atomic E-state index is 14.1. The number of benzene rings is 4. The summed E-state index contributed by atoms with van der Waals surface area (Å²) < 4.78 is 17.6. The van der Waals surface area contributed by atoms with Crippen LogP contribution < -0.4 is 0 Å². The Morgan fingerprint density at radius 2 is 1.47 bits per heavy atom. The predicted molar refractivity (Wildman–Crippen MR) is 182 cm³/mol. The van der Waals surface area contributed by atoms with Crippen LogP contribution in [-0.4, -0.2) is 14.5 Å². The summed E-state index contributed by atoms with van der Waals surface area (Å²) in [5.41, 5.74) is 9.25. The van der Waals surface area contributed by atoms with Crippen molar-refractivity contribution in [1.29, 1.82) is 0 Å². The van der Waals surface area contributed by atoms with E-state index in [0.29, 0.717) is 11.8 Å². The van der Waals surface area contributed by atoms with E-state index < -0.39 is 0 Å². The third-order valence-electron chi connectivity index (χ3n) is 8.55. The summed E-state index contributed by atoms with van der Waals surface area (Å²) in [6, 6.07) is 26.6. The zero-order chi connectivity index (χ0) is 30.2. The third kappa shape index (κ3) is 4.53. The molecule has 0 atom stereocenters. The Labute approximate surface area is 256 Å². The Kier molecular flexibility index (Phi) is 6.44. The topological polar surface area (TPSA) is 30.7 Å². The van der Waals surface area contributed by atoms with Gasteiger partial charge >= 0.3 is 0 Å². The summed E-state index contributed by atoms with van der Waals surface area (Å²) in [4.78, 5) is 11.2. The second kappa shape index (κ2) is 9.99. The molecule has 0 fully saturated rings. The van der Waals surface area contributed by atoms with E-state index in [4.69, 9.17) is 9.97 Å². The van der Waals surface area contributed by atoms with E-state index in [2.05, 4.69) is 114 Å². The molecule has 3 nitrogen and oxygen atoms in total. The largest absolute Gasteiger partial charge is 0.292 e. The second-order valence-corrected chi connectivity index (χ2v) is 14.3. The fourth-order valence-corrected chi connectivity index (χ4v) is 7.39. The summed E-state index contributed by atoms with van der Waals surface area (Å²) in [5.74, 6) is 1.32. The van der Waals surface area contributed by atoms with Crippen molar-refractivity contribution in [1.82, 2.24) is 14.5 Å². The summed E-state index contributed by atoms with van der Waals surface area (Å²) in [5, 5.41) is 2.97. The zero-order valence-electron chi connectivity index (χ0n) is 25.8. The number of thiophene rings is 1. The van der Waals surface area contributed by atoms with Gasteiger partial charge in [0.1, 0.15) is 16.5 Å². The number of aromatic nitrogens is 3. The summed E-state index contributed by atoms with van der Waals surface area (Å²) in [6.45, 7) is 16.0. The van der Waals surface area contributed by atoms with Crippen molar-refractivity contribution in [2.45, 2.75) is 65.7 Å². The smallest absolute Gasteiger partial charge is 0.147 e. The van der Waals surface area contributed by atoms with Crippen LogP contribution in [0.5, 0.6) is 0 Å². The molecule has 4 aromatic carbocycles.